The van der Waals surface area contributed by atoms with E-state index >= 15 is 0 Å². The van der Waals surface area contributed by atoms with Gasteiger partial charge in [0, 0.05) is 6.04 Å². The predicted octanol–water partition coefficient (Wildman–Crippen LogP) is 3.56. The van der Waals surface area contributed by atoms with Gasteiger partial charge in [0.2, 0.25) is 0 Å². The van der Waals surface area contributed by atoms with Gasteiger partial charge in [-0.25, -0.2) is 4.39 Å². The molecular formula is C15H19FN2. The fourth-order valence-electron chi connectivity index (χ4n) is 2.64. The van der Waals surface area contributed by atoms with Crippen LogP contribution in [0.15, 0.2) is 24.3 Å². The lowest BCUT2D eigenvalue weighted by atomic mass is 9.85. The Morgan fingerprint density at radius 1 is 1.28 bits per heavy atom. The van der Waals surface area contributed by atoms with Gasteiger partial charge in [0.05, 0.1) is 6.07 Å². The average Bonchev–Trinajstić information content (AvgIpc) is 2.39. The summed E-state index contributed by atoms with van der Waals surface area (Å²) in [7, 11) is 0. The summed E-state index contributed by atoms with van der Waals surface area (Å²) in [6.45, 7) is 2.23. The zero-order chi connectivity index (χ0) is 13.0. The Morgan fingerprint density at radius 2 is 1.94 bits per heavy atom. The second kappa shape index (κ2) is 5.97. The number of benzene rings is 1. The maximum Gasteiger partial charge on any atom is 0.123 e. The minimum absolute atomic E-state index is 0.263. The minimum Gasteiger partial charge on any atom is -0.295 e. The van der Waals surface area contributed by atoms with Crippen molar-refractivity contribution >= 4 is 0 Å². The molecule has 1 aliphatic carbocycles. The van der Waals surface area contributed by atoms with Gasteiger partial charge in [-0.05, 0) is 36.5 Å². The summed E-state index contributed by atoms with van der Waals surface area (Å²) < 4.78 is 12.9. The molecule has 1 aromatic carbocycles. The first-order valence-electron chi connectivity index (χ1n) is 6.62. The van der Waals surface area contributed by atoms with Crippen LogP contribution in [0.5, 0.6) is 0 Å². The third-order valence-electron chi connectivity index (χ3n) is 3.82. The van der Waals surface area contributed by atoms with Gasteiger partial charge in [0.15, 0.2) is 0 Å². The summed E-state index contributed by atoms with van der Waals surface area (Å²) in [6, 6.07) is 8.52. The molecule has 2 nitrogen and oxygen atoms in total. The molecule has 3 atom stereocenters. The lowest BCUT2D eigenvalue weighted by molar-refractivity contribution is 0.271. The van der Waals surface area contributed by atoms with E-state index in [9.17, 15) is 9.65 Å². The molecule has 0 spiro atoms. The summed E-state index contributed by atoms with van der Waals surface area (Å²) >= 11 is 0. The van der Waals surface area contributed by atoms with E-state index in [-0.39, 0.29) is 11.9 Å². The highest BCUT2D eigenvalue weighted by Gasteiger charge is 2.24. The van der Waals surface area contributed by atoms with Crippen LogP contribution in [0.4, 0.5) is 4.39 Å². The first kappa shape index (κ1) is 13.0. The van der Waals surface area contributed by atoms with E-state index in [1.165, 1.54) is 31.4 Å². The minimum atomic E-state index is -0.337. The largest absolute Gasteiger partial charge is 0.295 e. The van der Waals surface area contributed by atoms with Crippen LogP contribution < -0.4 is 5.32 Å². The number of nitriles is 1. The van der Waals surface area contributed by atoms with Crippen molar-refractivity contribution in [2.75, 3.05) is 0 Å². The van der Waals surface area contributed by atoms with E-state index < -0.39 is 0 Å². The first-order valence-corrected chi connectivity index (χ1v) is 6.62. The van der Waals surface area contributed by atoms with Crippen LogP contribution in [-0.4, -0.2) is 6.04 Å². The Balaban J connectivity index is 2.05. The summed E-state index contributed by atoms with van der Waals surface area (Å²) in [5.74, 6) is 0.344. The van der Waals surface area contributed by atoms with Crippen molar-refractivity contribution in [2.45, 2.75) is 44.7 Å². The molecule has 18 heavy (non-hydrogen) atoms. The average molecular weight is 246 g/mol. The Hall–Kier alpha value is -1.40. The van der Waals surface area contributed by atoms with E-state index in [1.54, 1.807) is 12.1 Å². The molecule has 1 fully saturated rings. The molecule has 96 valence electrons. The molecule has 1 saturated carbocycles. The molecule has 2 rings (SSSR count). The van der Waals surface area contributed by atoms with Crippen molar-refractivity contribution in [3.8, 4) is 6.07 Å². The first-order chi connectivity index (χ1) is 8.70. The van der Waals surface area contributed by atoms with Crippen LogP contribution in [0.2, 0.25) is 0 Å². The summed E-state index contributed by atoms with van der Waals surface area (Å²) in [6.07, 6.45) is 4.86. The summed E-state index contributed by atoms with van der Waals surface area (Å²) in [5, 5.41) is 12.7. The van der Waals surface area contributed by atoms with Crippen molar-refractivity contribution < 1.29 is 4.39 Å². The molecule has 0 amide bonds. The Bertz CT molecular complexity index is 421. The fourth-order valence-corrected chi connectivity index (χ4v) is 2.64. The zero-order valence-electron chi connectivity index (χ0n) is 10.7. The van der Waals surface area contributed by atoms with Crippen molar-refractivity contribution in [1.29, 1.82) is 5.26 Å². The van der Waals surface area contributed by atoms with E-state index in [0.717, 1.165) is 12.0 Å². The molecule has 3 heteroatoms. The van der Waals surface area contributed by atoms with Crippen LogP contribution in [0.3, 0.4) is 0 Å². The third-order valence-corrected chi connectivity index (χ3v) is 3.82. The van der Waals surface area contributed by atoms with Crippen LogP contribution in [0.25, 0.3) is 0 Å². The van der Waals surface area contributed by atoms with Gasteiger partial charge in [0.25, 0.3) is 0 Å². The summed E-state index contributed by atoms with van der Waals surface area (Å²) in [4.78, 5) is 0. The second-order valence-electron chi connectivity index (χ2n) is 5.15. The number of nitrogens with zero attached hydrogens (tertiary/aromatic N) is 1. The van der Waals surface area contributed by atoms with Crippen LogP contribution in [-0.2, 0) is 0 Å². The lowest BCUT2D eigenvalue weighted by Crippen LogP contribution is -2.39. The van der Waals surface area contributed by atoms with Crippen LogP contribution in [0.1, 0.15) is 44.2 Å². The van der Waals surface area contributed by atoms with Crippen LogP contribution >= 0.6 is 0 Å². The second-order valence-corrected chi connectivity index (χ2v) is 5.15. The normalized spacial score (nSPS) is 25.4. The highest BCUT2D eigenvalue weighted by molar-refractivity contribution is 5.24. The smallest absolute Gasteiger partial charge is 0.123 e. The highest BCUT2D eigenvalue weighted by atomic mass is 19.1. The molecule has 3 unspecified atom stereocenters. The van der Waals surface area contributed by atoms with Gasteiger partial charge in [-0.1, -0.05) is 31.9 Å². The maximum absolute atomic E-state index is 12.9. The van der Waals surface area contributed by atoms with Crippen molar-refractivity contribution in [3.63, 3.8) is 0 Å². The molecule has 0 aromatic heterocycles. The standard InChI is InChI=1S/C15H19FN2/c1-11-4-2-3-5-14(11)18-15(10-17)12-6-8-13(16)9-7-12/h6-9,11,14-15,18H,2-5H2,1H3. The van der Waals surface area contributed by atoms with Gasteiger partial charge >= 0.3 is 0 Å². The van der Waals surface area contributed by atoms with Crippen LogP contribution in [0, 0.1) is 23.1 Å². The fraction of sp³-hybridized carbons (Fsp3) is 0.533. The predicted molar refractivity (Wildman–Crippen MR) is 69.3 cm³/mol. The molecule has 0 radical (unpaired) electrons. The molecule has 0 saturated heterocycles. The molecule has 0 aliphatic heterocycles. The SMILES string of the molecule is CC1CCCCC1NC(C#N)c1ccc(F)cc1. The number of hydrogen-bond acceptors (Lipinski definition) is 2. The van der Waals surface area contributed by atoms with Gasteiger partial charge in [0.1, 0.15) is 11.9 Å². The molecule has 1 aliphatic rings. The van der Waals surface area contributed by atoms with Gasteiger partial charge in [-0.3, -0.25) is 5.32 Å². The Labute approximate surface area is 108 Å². The van der Waals surface area contributed by atoms with Crippen molar-refractivity contribution in [3.05, 3.63) is 35.6 Å². The van der Waals surface area contributed by atoms with E-state index in [4.69, 9.17) is 0 Å². The Morgan fingerprint density at radius 3 is 2.56 bits per heavy atom. The monoisotopic (exact) mass is 246 g/mol. The molecule has 0 bridgehead atoms. The van der Waals surface area contributed by atoms with E-state index in [2.05, 4.69) is 18.3 Å². The third kappa shape index (κ3) is 3.08. The van der Waals surface area contributed by atoms with Crippen molar-refractivity contribution in [1.82, 2.24) is 5.32 Å². The van der Waals surface area contributed by atoms with E-state index in [1.807, 2.05) is 0 Å². The number of nitrogens with one attached hydrogen (secondary N) is 1. The number of rotatable bonds is 3. The highest BCUT2D eigenvalue weighted by Crippen LogP contribution is 2.26. The molecule has 0 heterocycles. The van der Waals surface area contributed by atoms with Gasteiger partial charge in [-0.2, -0.15) is 5.26 Å². The quantitative estimate of drug-likeness (QED) is 0.885. The van der Waals surface area contributed by atoms with Gasteiger partial charge < -0.3 is 0 Å². The lowest BCUT2D eigenvalue weighted by Gasteiger charge is -2.31. The molecule has 1 N–H and O–H groups in total. The zero-order valence-corrected chi connectivity index (χ0v) is 10.7. The number of halogens is 1. The number of hydrogen-bond donors (Lipinski definition) is 1. The topological polar surface area (TPSA) is 35.8 Å². The summed E-state index contributed by atoms with van der Waals surface area (Å²) in [5.41, 5.74) is 0.844. The molecule has 1 aromatic rings. The molecular weight excluding hydrogens is 227 g/mol. The Kier molecular flexibility index (Phi) is 4.33. The van der Waals surface area contributed by atoms with Crippen molar-refractivity contribution in [2.24, 2.45) is 5.92 Å². The van der Waals surface area contributed by atoms with Gasteiger partial charge in [-0.15, -0.1) is 0 Å². The van der Waals surface area contributed by atoms with E-state index in [0.29, 0.717) is 12.0 Å². The maximum atomic E-state index is 12.9.